The van der Waals surface area contributed by atoms with Crippen LogP contribution in [0.25, 0.3) is 0 Å². The number of unbranched alkanes of at least 4 members (excludes halogenated alkanes) is 19. The Morgan fingerprint density at radius 2 is 0.708 bits per heavy atom. The second kappa shape index (κ2) is 30.1. The van der Waals surface area contributed by atoms with Crippen molar-refractivity contribution in [3.8, 4) is 0 Å². The molecule has 10 nitrogen and oxygen atoms in total. The summed E-state index contributed by atoms with van der Waals surface area (Å²) in [7, 11) is -7.83. The zero-order valence-corrected chi connectivity index (χ0v) is 32.5. The minimum Gasteiger partial charge on any atom is -0.748 e. The molecule has 2 aromatic rings. The molecule has 0 aromatic carbocycles. The van der Waals surface area contributed by atoms with Crippen LogP contribution in [0, 0.1) is 0 Å². The molecule has 2 heterocycles. The molecule has 2 aromatic heterocycles. The summed E-state index contributed by atoms with van der Waals surface area (Å²) in [6.45, 7) is 9.32. The highest BCUT2D eigenvalue weighted by molar-refractivity contribution is 7.85. The van der Waals surface area contributed by atoms with Crippen LogP contribution in [0.2, 0.25) is 0 Å². The molecular formula is C36H70N4O6S2. The second-order valence-corrected chi connectivity index (χ2v) is 16.1. The largest absolute Gasteiger partial charge is 0.748 e. The lowest BCUT2D eigenvalue weighted by Gasteiger charge is -2.02. The highest BCUT2D eigenvalue weighted by Crippen LogP contribution is 2.11. The molecule has 0 bridgehead atoms. The average Bonchev–Trinajstić information content (AvgIpc) is 3.65. The maximum absolute atomic E-state index is 9.08. The van der Waals surface area contributed by atoms with Crippen molar-refractivity contribution in [3.63, 3.8) is 0 Å². The quantitative estimate of drug-likeness (QED) is 0.0534. The van der Waals surface area contributed by atoms with Crippen molar-refractivity contribution in [2.45, 2.75) is 181 Å². The number of rotatable bonds is 27. The Hall–Kier alpha value is -1.76. The summed E-state index contributed by atoms with van der Waals surface area (Å²) in [6, 6.07) is 0. The summed E-state index contributed by atoms with van der Waals surface area (Å²) in [6.07, 6.45) is 45.3. The fourth-order valence-corrected chi connectivity index (χ4v) is 5.56. The van der Waals surface area contributed by atoms with Gasteiger partial charge in [-0.25, -0.2) is 35.1 Å². The van der Waals surface area contributed by atoms with Gasteiger partial charge < -0.3 is 9.11 Å². The summed E-state index contributed by atoms with van der Waals surface area (Å²) < 4.78 is 64.0. The summed E-state index contributed by atoms with van der Waals surface area (Å²) >= 11 is 0. The topological polar surface area (TPSA) is 132 Å². The third-order valence-electron chi connectivity index (χ3n) is 8.11. The zero-order chi connectivity index (χ0) is 35.9. The molecule has 0 spiro atoms. The second-order valence-electron chi connectivity index (χ2n) is 13.3. The van der Waals surface area contributed by atoms with E-state index in [2.05, 4.69) is 69.6 Å². The first-order chi connectivity index (χ1) is 22.8. The molecule has 0 saturated carbocycles. The third-order valence-corrected chi connectivity index (χ3v) is 8.11. The number of imidazole rings is 2. The van der Waals surface area contributed by atoms with Gasteiger partial charge >= 0.3 is 0 Å². The van der Waals surface area contributed by atoms with Gasteiger partial charge in [0.15, 0.2) is 0 Å². The molecule has 0 aliphatic carbocycles. The van der Waals surface area contributed by atoms with E-state index in [-0.39, 0.29) is 0 Å². The molecule has 0 fully saturated rings. The Morgan fingerprint density at radius 3 is 1.00 bits per heavy atom. The molecule has 0 aliphatic rings. The lowest BCUT2D eigenvalue weighted by Crippen LogP contribution is -2.30. The van der Waals surface area contributed by atoms with Crippen molar-refractivity contribution in [1.29, 1.82) is 0 Å². The van der Waals surface area contributed by atoms with Gasteiger partial charge in [0.05, 0.1) is 46.4 Å². The van der Waals surface area contributed by atoms with Crippen molar-refractivity contribution < 1.29 is 35.1 Å². The molecule has 0 amide bonds. The Morgan fingerprint density at radius 1 is 0.458 bits per heavy atom. The minimum absolute atomic E-state index is 0.604. The van der Waals surface area contributed by atoms with Gasteiger partial charge in [0.2, 0.25) is 12.7 Å². The molecule has 282 valence electrons. The van der Waals surface area contributed by atoms with Crippen molar-refractivity contribution in [3.05, 3.63) is 37.4 Å². The smallest absolute Gasteiger partial charge is 0.243 e. The predicted molar refractivity (Wildman–Crippen MR) is 193 cm³/mol. The van der Waals surface area contributed by atoms with Gasteiger partial charge in [0.1, 0.15) is 24.8 Å². The lowest BCUT2D eigenvalue weighted by atomic mass is 10.1. The maximum atomic E-state index is 9.08. The highest BCUT2D eigenvalue weighted by Gasteiger charge is 2.05. The third kappa shape index (κ3) is 37.1. The van der Waals surface area contributed by atoms with Crippen LogP contribution in [0.1, 0.15) is 155 Å². The van der Waals surface area contributed by atoms with Gasteiger partial charge in [-0.3, -0.25) is 0 Å². The van der Waals surface area contributed by atoms with Gasteiger partial charge in [-0.05, 0) is 51.4 Å². The number of hydrogen-bond donors (Lipinski definition) is 0. The first-order valence-electron chi connectivity index (χ1n) is 18.7. The lowest BCUT2D eigenvalue weighted by molar-refractivity contribution is -0.697. The molecule has 2 rings (SSSR count). The van der Waals surface area contributed by atoms with E-state index in [1.807, 2.05) is 0 Å². The van der Waals surface area contributed by atoms with Crippen LogP contribution in [0.4, 0.5) is 0 Å². The predicted octanol–water partition coefficient (Wildman–Crippen LogP) is 7.51. The van der Waals surface area contributed by atoms with Gasteiger partial charge in [0.25, 0.3) is 0 Å². The van der Waals surface area contributed by atoms with Crippen LogP contribution < -0.4 is 9.13 Å². The molecule has 0 saturated heterocycles. The van der Waals surface area contributed by atoms with E-state index >= 15 is 0 Å². The molecule has 0 aliphatic heterocycles. The van der Waals surface area contributed by atoms with E-state index < -0.39 is 20.2 Å². The minimum atomic E-state index is -3.92. The fraction of sp³-hybridized carbons (Fsp3) is 0.833. The monoisotopic (exact) mass is 718 g/mol. The normalized spacial score (nSPS) is 11.5. The van der Waals surface area contributed by atoms with E-state index in [1.165, 1.54) is 167 Å². The van der Waals surface area contributed by atoms with Crippen LogP contribution >= 0.6 is 0 Å². The zero-order valence-electron chi connectivity index (χ0n) is 30.9. The van der Waals surface area contributed by atoms with Gasteiger partial charge in [-0.1, -0.05) is 104 Å². The number of nitrogens with zero attached hydrogens (tertiary/aromatic N) is 4. The standard InChI is InChI=1S/C34H64N4.2CH4O3S/c1-3-5-7-9-13-17-21-25-35-29-31-37(33-35)27-23-19-15-11-12-16-20-24-28-38-32-30-36(34-38)26-22-18-14-10-8-6-4-2;2*1-5(2,3)4/h29-34H,3-28H2,1-2H3;2*1H3,(H,2,3,4)/q+2;;/p-2. The molecule has 12 heteroatoms. The van der Waals surface area contributed by atoms with Crippen molar-refractivity contribution in [2.24, 2.45) is 0 Å². The van der Waals surface area contributed by atoms with Gasteiger partial charge in [-0.15, -0.1) is 0 Å². The fourth-order valence-electron chi connectivity index (χ4n) is 5.56. The maximum Gasteiger partial charge on any atom is 0.243 e. The highest BCUT2D eigenvalue weighted by atomic mass is 32.2. The molecule has 0 N–H and O–H groups in total. The molecule has 0 atom stereocenters. The Bertz CT molecular complexity index is 1100. The van der Waals surface area contributed by atoms with Gasteiger partial charge in [-0.2, -0.15) is 0 Å². The summed E-state index contributed by atoms with van der Waals surface area (Å²) in [5.41, 5.74) is 0. The Kier molecular flexibility index (Phi) is 29.0. The SMILES string of the molecule is CCCCCCCCC[n+]1ccn(CCCCCCCCCCn2cc[n+](CCCCCCCCC)c2)c1.CS(=O)(=O)[O-].CS(=O)(=O)[O-]. The first-order valence-corrected chi connectivity index (χ1v) is 22.4. The Labute approximate surface area is 294 Å². The van der Waals surface area contributed by atoms with Crippen molar-refractivity contribution in [1.82, 2.24) is 9.13 Å². The van der Waals surface area contributed by atoms with Crippen LogP contribution in [-0.2, 0) is 46.4 Å². The van der Waals surface area contributed by atoms with E-state index in [1.54, 1.807) is 0 Å². The van der Waals surface area contributed by atoms with E-state index in [9.17, 15) is 0 Å². The number of aryl methyl sites for hydroxylation is 4. The van der Waals surface area contributed by atoms with Crippen molar-refractivity contribution in [2.75, 3.05) is 12.5 Å². The Balaban J connectivity index is 0.00000192. The molecular weight excluding hydrogens is 649 g/mol. The van der Waals surface area contributed by atoms with Crippen molar-refractivity contribution >= 4 is 20.2 Å². The van der Waals surface area contributed by atoms with E-state index in [4.69, 9.17) is 25.9 Å². The average molecular weight is 719 g/mol. The number of hydrogen-bond acceptors (Lipinski definition) is 6. The van der Waals surface area contributed by atoms with Crippen LogP contribution in [0.3, 0.4) is 0 Å². The summed E-state index contributed by atoms with van der Waals surface area (Å²) in [5, 5.41) is 0. The van der Waals surface area contributed by atoms with Crippen LogP contribution in [-0.4, -0.2) is 47.6 Å². The molecule has 0 radical (unpaired) electrons. The number of aromatic nitrogens is 4. The van der Waals surface area contributed by atoms with Gasteiger partial charge in [0, 0.05) is 12.5 Å². The van der Waals surface area contributed by atoms with E-state index in [0.717, 1.165) is 0 Å². The summed E-state index contributed by atoms with van der Waals surface area (Å²) in [5.74, 6) is 0. The van der Waals surface area contributed by atoms with Crippen LogP contribution in [0.5, 0.6) is 0 Å². The molecule has 48 heavy (non-hydrogen) atoms. The first kappa shape index (κ1) is 46.2. The molecule has 0 unspecified atom stereocenters. The van der Waals surface area contributed by atoms with Crippen LogP contribution in [0.15, 0.2) is 37.4 Å². The summed E-state index contributed by atoms with van der Waals surface area (Å²) in [4.78, 5) is 0. The van der Waals surface area contributed by atoms with E-state index in [0.29, 0.717) is 12.5 Å².